The van der Waals surface area contributed by atoms with E-state index in [9.17, 15) is 0 Å². The number of hydrogen-bond acceptors (Lipinski definition) is 6. The first-order chi connectivity index (χ1) is 5.72. The van der Waals surface area contributed by atoms with Crippen molar-refractivity contribution in [3.8, 4) is 0 Å². The van der Waals surface area contributed by atoms with E-state index < -0.39 is 0 Å². The largest absolute Gasteiger partial charge is 0.395 e. The SMILES string of the molecule is Nc1cc(NCCO)nc(N)n1. The average molecular weight is 169 g/mol. The lowest BCUT2D eigenvalue weighted by Gasteiger charge is -2.03. The third kappa shape index (κ3) is 2.24. The number of rotatable bonds is 3. The van der Waals surface area contributed by atoms with Crippen molar-refractivity contribution in [3.05, 3.63) is 6.07 Å². The van der Waals surface area contributed by atoms with Crippen LogP contribution in [-0.4, -0.2) is 28.2 Å². The Kier molecular flexibility index (Phi) is 2.65. The summed E-state index contributed by atoms with van der Waals surface area (Å²) in [6.45, 7) is 0.444. The summed E-state index contributed by atoms with van der Waals surface area (Å²) in [7, 11) is 0. The topological polar surface area (TPSA) is 110 Å². The molecule has 0 unspecified atom stereocenters. The molecule has 12 heavy (non-hydrogen) atoms. The van der Waals surface area contributed by atoms with Crippen LogP contribution < -0.4 is 16.8 Å². The van der Waals surface area contributed by atoms with Gasteiger partial charge in [0.05, 0.1) is 6.61 Å². The van der Waals surface area contributed by atoms with Gasteiger partial charge in [-0.1, -0.05) is 0 Å². The molecule has 0 aromatic carbocycles. The van der Waals surface area contributed by atoms with Gasteiger partial charge in [0.15, 0.2) is 0 Å². The van der Waals surface area contributed by atoms with E-state index in [0.717, 1.165) is 0 Å². The van der Waals surface area contributed by atoms with E-state index in [1.165, 1.54) is 0 Å². The Morgan fingerprint density at radius 3 is 2.75 bits per heavy atom. The van der Waals surface area contributed by atoms with Crippen LogP contribution in [-0.2, 0) is 0 Å². The summed E-state index contributed by atoms with van der Waals surface area (Å²) in [6, 6.07) is 1.55. The number of aliphatic hydroxyl groups is 1. The monoisotopic (exact) mass is 169 g/mol. The fourth-order valence-electron chi connectivity index (χ4n) is 0.760. The van der Waals surface area contributed by atoms with Crippen molar-refractivity contribution in [1.82, 2.24) is 9.97 Å². The minimum atomic E-state index is 0.0316. The van der Waals surface area contributed by atoms with Crippen molar-refractivity contribution in [1.29, 1.82) is 0 Å². The van der Waals surface area contributed by atoms with E-state index in [0.29, 0.717) is 18.2 Å². The number of aliphatic hydroxyl groups excluding tert-OH is 1. The van der Waals surface area contributed by atoms with Crippen LogP contribution in [0.2, 0.25) is 0 Å². The van der Waals surface area contributed by atoms with Crippen LogP contribution in [0.15, 0.2) is 6.07 Å². The lowest BCUT2D eigenvalue weighted by Crippen LogP contribution is -2.09. The third-order valence-electron chi connectivity index (χ3n) is 1.18. The Hall–Kier alpha value is -1.56. The standard InChI is InChI=1S/C6H11N5O/c7-4-3-5(9-1-2-12)11-6(8)10-4/h3,12H,1-2H2,(H5,7,8,9,10,11). The lowest BCUT2D eigenvalue weighted by molar-refractivity contribution is 0.311. The van der Waals surface area contributed by atoms with Crippen LogP contribution in [0.1, 0.15) is 0 Å². The molecular formula is C6H11N5O. The summed E-state index contributed by atoms with van der Waals surface area (Å²) in [6.07, 6.45) is 0. The molecule has 1 rings (SSSR count). The Morgan fingerprint density at radius 2 is 2.17 bits per heavy atom. The fourth-order valence-corrected chi connectivity index (χ4v) is 0.760. The van der Waals surface area contributed by atoms with Crippen molar-refractivity contribution in [2.24, 2.45) is 0 Å². The van der Waals surface area contributed by atoms with E-state index in [-0.39, 0.29) is 12.6 Å². The highest BCUT2D eigenvalue weighted by Crippen LogP contribution is 2.08. The van der Waals surface area contributed by atoms with Gasteiger partial charge >= 0.3 is 0 Å². The molecule has 6 nitrogen and oxygen atoms in total. The molecule has 0 saturated carbocycles. The van der Waals surface area contributed by atoms with Gasteiger partial charge in [-0.3, -0.25) is 0 Å². The van der Waals surface area contributed by atoms with Crippen LogP contribution in [0.3, 0.4) is 0 Å². The predicted molar refractivity (Wildman–Crippen MR) is 46.4 cm³/mol. The van der Waals surface area contributed by atoms with Crippen molar-refractivity contribution in [3.63, 3.8) is 0 Å². The second kappa shape index (κ2) is 3.72. The highest BCUT2D eigenvalue weighted by atomic mass is 16.3. The highest BCUT2D eigenvalue weighted by molar-refractivity contribution is 5.48. The van der Waals surface area contributed by atoms with E-state index in [1.807, 2.05) is 0 Å². The van der Waals surface area contributed by atoms with E-state index in [4.69, 9.17) is 16.6 Å². The summed E-state index contributed by atoms with van der Waals surface area (Å²) >= 11 is 0. The number of nitrogen functional groups attached to an aromatic ring is 2. The molecule has 0 amide bonds. The summed E-state index contributed by atoms with van der Waals surface area (Å²) in [5, 5.41) is 11.3. The Morgan fingerprint density at radius 1 is 1.42 bits per heavy atom. The van der Waals surface area contributed by atoms with Crippen molar-refractivity contribution < 1.29 is 5.11 Å². The number of nitrogens with zero attached hydrogens (tertiary/aromatic N) is 2. The summed E-state index contributed by atoms with van der Waals surface area (Å²) < 4.78 is 0. The van der Waals surface area contributed by atoms with Gasteiger partial charge in [-0.05, 0) is 0 Å². The van der Waals surface area contributed by atoms with Gasteiger partial charge in [0.25, 0.3) is 0 Å². The molecule has 0 aliphatic carbocycles. The van der Waals surface area contributed by atoms with E-state index >= 15 is 0 Å². The average Bonchev–Trinajstić information content (AvgIpc) is 1.99. The summed E-state index contributed by atoms with van der Waals surface area (Å²) in [5.41, 5.74) is 10.7. The van der Waals surface area contributed by atoms with Gasteiger partial charge in [0.1, 0.15) is 11.6 Å². The van der Waals surface area contributed by atoms with Crippen molar-refractivity contribution in [2.75, 3.05) is 29.9 Å². The predicted octanol–water partition coefficient (Wildman–Crippen LogP) is -0.955. The highest BCUT2D eigenvalue weighted by Gasteiger charge is 1.97. The molecule has 0 bridgehead atoms. The number of nitrogens with one attached hydrogen (secondary N) is 1. The van der Waals surface area contributed by atoms with E-state index in [1.54, 1.807) is 6.07 Å². The third-order valence-corrected chi connectivity index (χ3v) is 1.18. The van der Waals surface area contributed by atoms with Crippen LogP contribution in [0.4, 0.5) is 17.6 Å². The maximum atomic E-state index is 8.50. The summed E-state index contributed by atoms with van der Waals surface area (Å²) in [4.78, 5) is 7.52. The second-order valence-electron chi connectivity index (χ2n) is 2.19. The first-order valence-electron chi connectivity index (χ1n) is 3.47. The minimum Gasteiger partial charge on any atom is -0.395 e. The molecule has 6 N–H and O–H groups in total. The van der Waals surface area contributed by atoms with Crippen LogP contribution in [0, 0.1) is 0 Å². The molecule has 0 aliphatic heterocycles. The van der Waals surface area contributed by atoms with Gasteiger partial charge in [0.2, 0.25) is 5.95 Å². The maximum absolute atomic E-state index is 8.50. The van der Waals surface area contributed by atoms with Crippen molar-refractivity contribution >= 4 is 17.6 Å². The maximum Gasteiger partial charge on any atom is 0.223 e. The number of hydrogen-bond donors (Lipinski definition) is 4. The van der Waals surface area contributed by atoms with Gasteiger partial charge in [-0.2, -0.15) is 9.97 Å². The Bertz CT molecular complexity index is 244. The number of aromatic nitrogens is 2. The van der Waals surface area contributed by atoms with Gasteiger partial charge < -0.3 is 21.9 Å². The van der Waals surface area contributed by atoms with Crippen LogP contribution in [0.25, 0.3) is 0 Å². The van der Waals surface area contributed by atoms with Crippen molar-refractivity contribution in [2.45, 2.75) is 0 Å². The Balaban J connectivity index is 2.72. The molecule has 0 fully saturated rings. The first-order valence-corrected chi connectivity index (χ1v) is 3.47. The van der Waals surface area contributed by atoms with Gasteiger partial charge in [0, 0.05) is 12.6 Å². The quantitative estimate of drug-likeness (QED) is 0.464. The minimum absolute atomic E-state index is 0.0316. The normalized spacial score (nSPS) is 9.75. The van der Waals surface area contributed by atoms with Crippen LogP contribution in [0.5, 0.6) is 0 Å². The fraction of sp³-hybridized carbons (Fsp3) is 0.333. The molecule has 1 heterocycles. The molecule has 0 atom stereocenters. The van der Waals surface area contributed by atoms with E-state index in [2.05, 4.69) is 15.3 Å². The zero-order valence-corrected chi connectivity index (χ0v) is 6.49. The molecule has 6 heteroatoms. The smallest absolute Gasteiger partial charge is 0.223 e. The molecule has 0 radical (unpaired) electrons. The molecule has 1 aromatic rings. The molecular weight excluding hydrogens is 158 g/mol. The van der Waals surface area contributed by atoms with Crippen LogP contribution >= 0.6 is 0 Å². The number of anilines is 3. The lowest BCUT2D eigenvalue weighted by atomic mass is 10.5. The molecule has 0 spiro atoms. The zero-order chi connectivity index (χ0) is 8.97. The molecule has 1 aromatic heterocycles. The summed E-state index contributed by atoms with van der Waals surface area (Å²) in [5.74, 6) is 0.951. The van der Waals surface area contributed by atoms with Gasteiger partial charge in [-0.25, -0.2) is 0 Å². The Labute approximate surface area is 69.6 Å². The molecule has 66 valence electrons. The zero-order valence-electron chi connectivity index (χ0n) is 6.49. The number of nitrogens with two attached hydrogens (primary N) is 2. The van der Waals surface area contributed by atoms with Gasteiger partial charge in [-0.15, -0.1) is 0 Å². The molecule has 0 saturated heterocycles. The molecule has 0 aliphatic rings. The second-order valence-corrected chi connectivity index (χ2v) is 2.19. The first kappa shape index (κ1) is 8.54.